The Hall–Kier alpha value is -2.11. The molecule has 6 heteroatoms. The molecule has 86 valence electrons. The van der Waals surface area contributed by atoms with E-state index < -0.39 is 17.9 Å². The van der Waals surface area contributed by atoms with Crippen molar-refractivity contribution in [3.63, 3.8) is 0 Å². The molecule has 0 saturated carbocycles. The number of rotatable bonds is 3. The van der Waals surface area contributed by atoms with Crippen LogP contribution >= 0.6 is 0 Å². The number of anilines is 1. The highest BCUT2D eigenvalue weighted by Crippen LogP contribution is 2.17. The van der Waals surface area contributed by atoms with Crippen molar-refractivity contribution in [1.29, 1.82) is 0 Å². The van der Waals surface area contributed by atoms with Gasteiger partial charge in [-0.25, -0.2) is 14.0 Å². The van der Waals surface area contributed by atoms with E-state index in [4.69, 9.17) is 5.11 Å². The second-order valence-electron chi connectivity index (χ2n) is 2.84. The second kappa shape index (κ2) is 5.11. The first-order valence-electron chi connectivity index (χ1n) is 4.51. The molecule has 0 unspecified atom stereocenters. The number of amides is 1. The van der Waals surface area contributed by atoms with E-state index in [2.05, 4.69) is 10.1 Å². The van der Waals surface area contributed by atoms with Crippen molar-refractivity contribution in [1.82, 2.24) is 0 Å². The van der Waals surface area contributed by atoms with Gasteiger partial charge < -0.3 is 9.84 Å². The van der Waals surface area contributed by atoms with Gasteiger partial charge in [0.1, 0.15) is 5.82 Å². The van der Waals surface area contributed by atoms with Crippen LogP contribution in [0.1, 0.15) is 17.3 Å². The normalized spacial score (nSPS) is 9.62. The fourth-order valence-electron chi connectivity index (χ4n) is 1.08. The highest BCUT2D eigenvalue weighted by Gasteiger charge is 2.13. The Morgan fingerprint density at radius 3 is 2.75 bits per heavy atom. The van der Waals surface area contributed by atoms with Gasteiger partial charge in [-0.3, -0.25) is 5.32 Å². The van der Waals surface area contributed by atoms with Crippen LogP contribution in [0.15, 0.2) is 18.2 Å². The number of hydrogen-bond acceptors (Lipinski definition) is 3. The third-order valence-corrected chi connectivity index (χ3v) is 1.72. The fraction of sp³-hybridized carbons (Fsp3) is 0.200. The van der Waals surface area contributed by atoms with Crippen molar-refractivity contribution in [3.05, 3.63) is 29.6 Å². The summed E-state index contributed by atoms with van der Waals surface area (Å²) < 4.78 is 17.4. The Labute approximate surface area is 90.8 Å². The van der Waals surface area contributed by atoms with E-state index in [1.807, 2.05) is 0 Å². The maximum Gasteiger partial charge on any atom is 0.411 e. The first-order chi connectivity index (χ1) is 7.54. The summed E-state index contributed by atoms with van der Waals surface area (Å²) in [6.07, 6.45) is -0.824. The van der Waals surface area contributed by atoms with Gasteiger partial charge in [-0.05, 0) is 25.1 Å². The molecule has 0 spiro atoms. The molecule has 0 heterocycles. The van der Waals surface area contributed by atoms with Crippen LogP contribution in [0.3, 0.4) is 0 Å². The topological polar surface area (TPSA) is 75.6 Å². The van der Waals surface area contributed by atoms with Crippen LogP contribution in [-0.4, -0.2) is 23.8 Å². The van der Waals surface area contributed by atoms with Crippen molar-refractivity contribution < 1.29 is 23.8 Å². The second-order valence-corrected chi connectivity index (χ2v) is 2.84. The molecule has 1 aromatic carbocycles. The van der Waals surface area contributed by atoms with E-state index in [1.165, 1.54) is 0 Å². The molecule has 0 aliphatic heterocycles. The maximum atomic E-state index is 12.9. The number of carboxylic acids is 1. The molecular formula is C10H10FNO4. The van der Waals surface area contributed by atoms with E-state index in [1.54, 1.807) is 6.92 Å². The van der Waals surface area contributed by atoms with Crippen LogP contribution in [0, 0.1) is 5.82 Å². The lowest BCUT2D eigenvalue weighted by atomic mass is 10.2. The van der Waals surface area contributed by atoms with Gasteiger partial charge in [0.2, 0.25) is 0 Å². The number of carboxylic acid groups (broad SMARTS) is 1. The van der Waals surface area contributed by atoms with E-state index >= 15 is 0 Å². The van der Waals surface area contributed by atoms with Crippen molar-refractivity contribution in [2.75, 3.05) is 11.9 Å². The number of ether oxygens (including phenoxy) is 1. The zero-order chi connectivity index (χ0) is 12.1. The quantitative estimate of drug-likeness (QED) is 0.828. The van der Waals surface area contributed by atoms with Crippen LogP contribution in [0.4, 0.5) is 14.9 Å². The van der Waals surface area contributed by atoms with Gasteiger partial charge >= 0.3 is 12.1 Å². The Morgan fingerprint density at radius 2 is 2.19 bits per heavy atom. The van der Waals surface area contributed by atoms with Crippen molar-refractivity contribution in [2.24, 2.45) is 0 Å². The Kier molecular flexibility index (Phi) is 3.82. The number of hydrogen-bond donors (Lipinski definition) is 2. The zero-order valence-electron chi connectivity index (χ0n) is 8.49. The summed E-state index contributed by atoms with van der Waals surface area (Å²) in [5.74, 6) is -1.90. The number of carbonyl (C=O) groups is 2. The van der Waals surface area contributed by atoms with Gasteiger partial charge in [-0.1, -0.05) is 0 Å². The van der Waals surface area contributed by atoms with Gasteiger partial charge in [0.25, 0.3) is 0 Å². The lowest BCUT2D eigenvalue weighted by molar-refractivity contribution is 0.0698. The van der Waals surface area contributed by atoms with Crippen LogP contribution in [0.25, 0.3) is 0 Å². The number of nitrogens with one attached hydrogen (secondary N) is 1. The number of halogens is 1. The van der Waals surface area contributed by atoms with E-state index in [0.717, 1.165) is 18.2 Å². The van der Waals surface area contributed by atoms with Crippen LogP contribution in [-0.2, 0) is 4.74 Å². The van der Waals surface area contributed by atoms with Gasteiger partial charge in [0, 0.05) is 0 Å². The number of aromatic carboxylic acids is 1. The fourth-order valence-corrected chi connectivity index (χ4v) is 1.08. The first-order valence-corrected chi connectivity index (χ1v) is 4.51. The molecule has 1 aromatic rings. The molecule has 1 rings (SSSR count). The lowest BCUT2D eigenvalue weighted by Gasteiger charge is -2.08. The van der Waals surface area contributed by atoms with Crippen molar-refractivity contribution >= 4 is 17.7 Å². The van der Waals surface area contributed by atoms with Gasteiger partial charge in [-0.2, -0.15) is 0 Å². The molecular weight excluding hydrogens is 217 g/mol. The lowest BCUT2D eigenvalue weighted by Crippen LogP contribution is -2.16. The minimum Gasteiger partial charge on any atom is -0.478 e. The molecule has 16 heavy (non-hydrogen) atoms. The zero-order valence-corrected chi connectivity index (χ0v) is 8.49. The van der Waals surface area contributed by atoms with Gasteiger partial charge in [-0.15, -0.1) is 0 Å². The Bertz CT molecular complexity index is 419. The van der Waals surface area contributed by atoms with E-state index in [9.17, 15) is 14.0 Å². The van der Waals surface area contributed by atoms with Crippen molar-refractivity contribution in [2.45, 2.75) is 6.92 Å². The van der Waals surface area contributed by atoms with Gasteiger partial charge in [0.15, 0.2) is 0 Å². The Balaban J connectivity index is 2.96. The first kappa shape index (κ1) is 12.0. The summed E-state index contributed by atoms with van der Waals surface area (Å²) in [5, 5.41) is 10.9. The van der Waals surface area contributed by atoms with Gasteiger partial charge in [0.05, 0.1) is 17.9 Å². The molecule has 0 aliphatic rings. The minimum atomic E-state index is -1.26. The molecule has 0 saturated heterocycles. The summed E-state index contributed by atoms with van der Waals surface area (Å²) in [6.45, 7) is 1.74. The maximum absolute atomic E-state index is 12.9. The summed E-state index contributed by atoms with van der Waals surface area (Å²) in [5.41, 5.74) is -0.333. The highest BCUT2D eigenvalue weighted by atomic mass is 19.1. The summed E-state index contributed by atoms with van der Waals surface area (Å²) in [7, 11) is 0. The number of benzene rings is 1. The minimum absolute atomic E-state index is 0.133. The third-order valence-electron chi connectivity index (χ3n) is 1.72. The standard InChI is InChI=1S/C10H10FNO4/c1-2-16-10(15)12-8-5-6(11)3-4-7(8)9(13)14/h3-5H,2H2,1H3,(H,12,15)(H,13,14). The largest absolute Gasteiger partial charge is 0.478 e. The average Bonchev–Trinajstić information content (AvgIpc) is 2.17. The molecule has 0 aliphatic carbocycles. The monoisotopic (exact) mass is 227 g/mol. The molecule has 5 nitrogen and oxygen atoms in total. The molecule has 0 fully saturated rings. The Morgan fingerprint density at radius 1 is 1.50 bits per heavy atom. The summed E-state index contributed by atoms with van der Waals surface area (Å²) >= 11 is 0. The highest BCUT2D eigenvalue weighted by molar-refractivity contribution is 5.98. The predicted molar refractivity (Wildman–Crippen MR) is 54.0 cm³/mol. The average molecular weight is 227 g/mol. The molecule has 2 N–H and O–H groups in total. The molecule has 0 aromatic heterocycles. The molecule has 0 bridgehead atoms. The summed E-state index contributed by atoms with van der Waals surface area (Å²) in [6, 6.07) is 2.99. The van der Waals surface area contributed by atoms with Crippen molar-refractivity contribution in [3.8, 4) is 0 Å². The smallest absolute Gasteiger partial charge is 0.411 e. The van der Waals surface area contributed by atoms with Crippen LogP contribution in [0.2, 0.25) is 0 Å². The SMILES string of the molecule is CCOC(=O)Nc1cc(F)ccc1C(=O)O. The van der Waals surface area contributed by atoms with Crippen LogP contribution < -0.4 is 5.32 Å². The molecule has 0 atom stereocenters. The predicted octanol–water partition coefficient (Wildman–Crippen LogP) is 2.09. The molecule has 1 amide bonds. The number of carbonyl (C=O) groups excluding carboxylic acids is 1. The third kappa shape index (κ3) is 2.94. The summed E-state index contributed by atoms with van der Waals surface area (Å²) in [4.78, 5) is 21.8. The molecule has 0 radical (unpaired) electrons. The van der Waals surface area contributed by atoms with E-state index in [0.29, 0.717) is 0 Å². The van der Waals surface area contributed by atoms with E-state index in [-0.39, 0.29) is 17.9 Å². The van der Waals surface area contributed by atoms with Crippen LogP contribution in [0.5, 0.6) is 0 Å².